The zero-order chi connectivity index (χ0) is 11.7. The van der Waals surface area contributed by atoms with Crippen molar-refractivity contribution in [3.8, 4) is 0 Å². The molecule has 0 aliphatic heterocycles. The van der Waals surface area contributed by atoms with Gasteiger partial charge >= 0.3 is 5.97 Å². The predicted molar refractivity (Wildman–Crippen MR) is 47.3 cm³/mol. The standard InChI is InChI=1S/C4H8O2.CH2O2.2CH4O/c1-3-6-4(2)5;2-1-3;2*1-2/h3H2,1-2H3;1H,(H,2,3);2*2H,1H3. The molecule has 0 saturated carbocycles. The lowest BCUT2D eigenvalue weighted by Crippen LogP contribution is -1.95. The third kappa shape index (κ3) is 246. The molecule has 13 heavy (non-hydrogen) atoms. The zero-order valence-electron chi connectivity index (χ0n) is 8.35. The van der Waals surface area contributed by atoms with Crippen molar-refractivity contribution in [3.05, 3.63) is 0 Å². The van der Waals surface area contributed by atoms with E-state index < -0.39 is 0 Å². The van der Waals surface area contributed by atoms with Gasteiger partial charge in [0.2, 0.25) is 0 Å². The molecule has 0 spiro atoms. The normalized spacial score (nSPS) is 5.38. The predicted octanol–water partition coefficient (Wildman–Crippen LogP) is -0.513. The maximum absolute atomic E-state index is 9.82. The molecular weight excluding hydrogens is 180 g/mol. The zero-order valence-corrected chi connectivity index (χ0v) is 8.35. The average Bonchev–Trinajstić information content (AvgIpc) is 2.12. The van der Waals surface area contributed by atoms with Crippen LogP contribution in [0.3, 0.4) is 0 Å². The molecule has 0 rings (SSSR count). The second-order valence-electron chi connectivity index (χ2n) is 1.03. The Labute approximate surface area is 77.8 Å². The van der Waals surface area contributed by atoms with Crippen LogP contribution in [0.4, 0.5) is 0 Å². The van der Waals surface area contributed by atoms with Crippen LogP contribution in [0.25, 0.3) is 0 Å². The highest BCUT2D eigenvalue weighted by atomic mass is 16.5. The van der Waals surface area contributed by atoms with E-state index in [2.05, 4.69) is 4.74 Å². The number of aliphatic hydroxyl groups excluding tert-OH is 2. The summed E-state index contributed by atoms with van der Waals surface area (Å²) in [5.74, 6) is -0.211. The number of hydrogen-bond donors (Lipinski definition) is 3. The van der Waals surface area contributed by atoms with Crippen molar-refractivity contribution in [2.75, 3.05) is 20.8 Å². The molecule has 0 aliphatic rings. The van der Waals surface area contributed by atoms with Gasteiger partial charge in [0.1, 0.15) is 0 Å². The van der Waals surface area contributed by atoms with Crippen molar-refractivity contribution in [1.29, 1.82) is 0 Å². The monoisotopic (exact) mass is 198 g/mol. The van der Waals surface area contributed by atoms with Crippen LogP contribution >= 0.6 is 0 Å². The molecule has 0 heterocycles. The number of hydrogen-bond acceptors (Lipinski definition) is 5. The Balaban J connectivity index is -0.0000000493. The minimum Gasteiger partial charge on any atom is -0.483 e. The average molecular weight is 198 g/mol. The summed E-state index contributed by atoms with van der Waals surface area (Å²) in [5.41, 5.74) is 0. The van der Waals surface area contributed by atoms with Gasteiger partial charge in [-0.15, -0.1) is 0 Å². The van der Waals surface area contributed by atoms with E-state index in [1.54, 1.807) is 6.92 Å². The Bertz CT molecular complexity index is 83.1. The van der Waals surface area contributed by atoms with Gasteiger partial charge in [-0.1, -0.05) is 0 Å². The van der Waals surface area contributed by atoms with Gasteiger partial charge in [0.05, 0.1) is 6.61 Å². The van der Waals surface area contributed by atoms with Crippen LogP contribution in [-0.4, -0.2) is 48.6 Å². The van der Waals surface area contributed by atoms with Gasteiger partial charge in [0.15, 0.2) is 0 Å². The molecule has 0 unspecified atom stereocenters. The topological polar surface area (TPSA) is 104 Å². The number of rotatable bonds is 1. The molecule has 3 N–H and O–H groups in total. The van der Waals surface area contributed by atoms with Gasteiger partial charge in [-0.25, -0.2) is 0 Å². The largest absolute Gasteiger partial charge is 0.483 e. The first-order valence-corrected chi connectivity index (χ1v) is 3.29. The molecule has 0 aromatic carbocycles. The minimum absolute atomic E-state index is 0.211. The fraction of sp³-hybridized carbons (Fsp3) is 0.714. The summed E-state index contributed by atoms with van der Waals surface area (Å²) in [6.45, 7) is 3.40. The molecule has 0 amide bonds. The summed E-state index contributed by atoms with van der Waals surface area (Å²) in [6.07, 6.45) is 0. The number of esters is 1. The van der Waals surface area contributed by atoms with Gasteiger partial charge in [-0.2, -0.15) is 0 Å². The number of carbonyl (C=O) groups is 2. The van der Waals surface area contributed by atoms with Crippen LogP contribution in [0.1, 0.15) is 13.8 Å². The van der Waals surface area contributed by atoms with E-state index in [9.17, 15) is 4.79 Å². The highest BCUT2D eigenvalue weighted by molar-refractivity contribution is 5.65. The van der Waals surface area contributed by atoms with Crippen LogP contribution in [0.2, 0.25) is 0 Å². The van der Waals surface area contributed by atoms with Crippen molar-refractivity contribution in [2.24, 2.45) is 0 Å². The summed E-state index contributed by atoms with van der Waals surface area (Å²) < 4.78 is 4.40. The lowest BCUT2D eigenvalue weighted by molar-refractivity contribution is -0.140. The Kier molecular flexibility index (Phi) is 77.9. The first-order valence-electron chi connectivity index (χ1n) is 3.29. The third-order valence-corrected chi connectivity index (χ3v) is 0.348. The minimum atomic E-state index is -0.250. The molecule has 0 radical (unpaired) electrons. The van der Waals surface area contributed by atoms with Crippen molar-refractivity contribution in [1.82, 2.24) is 0 Å². The number of carbonyl (C=O) groups excluding carboxylic acids is 1. The molecule has 6 heteroatoms. The van der Waals surface area contributed by atoms with E-state index in [1.165, 1.54) is 6.92 Å². The second-order valence-corrected chi connectivity index (χ2v) is 1.03. The molecule has 6 nitrogen and oxygen atoms in total. The Morgan fingerprint density at radius 3 is 1.54 bits per heavy atom. The maximum atomic E-state index is 9.82. The molecule has 0 fully saturated rings. The first kappa shape index (κ1) is 22.6. The van der Waals surface area contributed by atoms with Crippen LogP contribution in [0, 0.1) is 0 Å². The van der Waals surface area contributed by atoms with Gasteiger partial charge in [-0.05, 0) is 6.92 Å². The lowest BCUT2D eigenvalue weighted by atomic mass is 10.8. The van der Waals surface area contributed by atoms with E-state index >= 15 is 0 Å². The summed E-state index contributed by atoms with van der Waals surface area (Å²) in [7, 11) is 2.00. The fourth-order valence-electron chi connectivity index (χ4n) is 0.203. The molecular formula is C7H18O6. The quantitative estimate of drug-likeness (QED) is 0.387. The van der Waals surface area contributed by atoms with Gasteiger partial charge in [-0.3, -0.25) is 9.59 Å². The fourth-order valence-corrected chi connectivity index (χ4v) is 0.203. The first-order chi connectivity index (χ1) is 6.18. The van der Waals surface area contributed by atoms with Crippen LogP contribution in [0.15, 0.2) is 0 Å². The third-order valence-electron chi connectivity index (χ3n) is 0.348. The summed E-state index contributed by atoms with van der Waals surface area (Å²) >= 11 is 0. The molecule has 0 atom stereocenters. The van der Waals surface area contributed by atoms with Crippen molar-refractivity contribution in [2.45, 2.75) is 13.8 Å². The van der Waals surface area contributed by atoms with E-state index in [0.717, 1.165) is 14.2 Å². The number of carboxylic acid groups (broad SMARTS) is 1. The van der Waals surface area contributed by atoms with E-state index in [-0.39, 0.29) is 12.4 Å². The Morgan fingerprint density at radius 1 is 1.31 bits per heavy atom. The van der Waals surface area contributed by atoms with Gasteiger partial charge in [0, 0.05) is 21.1 Å². The summed E-state index contributed by atoms with van der Waals surface area (Å²) in [6, 6.07) is 0. The highest BCUT2D eigenvalue weighted by Crippen LogP contribution is 1.69. The molecule has 0 aliphatic carbocycles. The van der Waals surface area contributed by atoms with E-state index in [4.69, 9.17) is 20.1 Å². The molecule has 0 aromatic heterocycles. The maximum Gasteiger partial charge on any atom is 0.302 e. The second kappa shape index (κ2) is 44.7. The molecule has 82 valence electrons. The smallest absolute Gasteiger partial charge is 0.302 e. The van der Waals surface area contributed by atoms with Crippen LogP contribution < -0.4 is 0 Å². The molecule has 0 bridgehead atoms. The Morgan fingerprint density at radius 2 is 1.54 bits per heavy atom. The SMILES string of the molecule is CCOC(C)=O.CO.CO.O=CO. The van der Waals surface area contributed by atoms with Crippen LogP contribution in [-0.2, 0) is 14.3 Å². The van der Waals surface area contributed by atoms with E-state index in [0.29, 0.717) is 6.61 Å². The molecule has 0 aromatic rings. The Hall–Kier alpha value is -1.14. The highest BCUT2D eigenvalue weighted by Gasteiger charge is 1.81. The number of aliphatic hydroxyl groups is 2. The summed E-state index contributed by atoms with van der Waals surface area (Å²) in [5, 5.41) is 20.9. The van der Waals surface area contributed by atoms with Crippen molar-refractivity contribution >= 4 is 12.4 Å². The van der Waals surface area contributed by atoms with Gasteiger partial charge < -0.3 is 20.1 Å². The number of ether oxygens (including phenoxy) is 1. The van der Waals surface area contributed by atoms with Crippen molar-refractivity contribution in [3.63, 3.8) is 0 Å². The summed E-state index contributed by atoms with van der Waals surface area (Å²) in [4.78, 5) is 18.2. The van der Waals surface area contributed by atoms with Gasteiger partial charge in [0.25, 0.3) is 6.47 Å². The molecule has 0 saturated heterocycles. The van der Waals surface area contributed by atoms with E-state index in [1.807, 2.05) is 0 Å². The van der Waals surface area contributed by atoms with Crippen LogP contribution in [0.5, 0.6) is 0 Å². The lowest BCUT2D eigenvalue weighted by Gasteiger charge is -1.89. The van der Waals surface area contributed by atoms with Crippen molar-refractivity contribution < 1.29 is 29.6 Å².